The van der Waals surface area contributed by atoms with E-state index in [-0.39, 0.29) is 0 Å². The van der Waals surface area contributed by atoms with E-state index in [1.807, 2.05) is 24.3 Å². The molecule has 0 saturated heterocycles. The number of para-hydroxylation sites is 1. The molecule has 1 heterocycles. The standard InChI is InChI=1S/C10H8ClN3O/c1-15-8-5-3-2-4-7(8)10-13-9(11)6-12-14-10/h2-6H,1H3. The molecule has 0 fully saturated rings. The summed E-state index contributed by atoms with van der Waals surface area (Å²) in [5.74, 6) is 1.15. The fourth-order valence-electron chi connectivity index (χ4n) is 1.23. The summed E-state index contributed by atoms with van der Waals surface area (Å²) in [6.07, 6.45) is 1.39. The summed E-state index contributed by atoms with van der Waals surface area (Å²) < 4.78 is 5.19. The van der Waals surface area contributed by atoms with Gasteiger partial charge in [-0.2, -0.15) is 5.10 Å². The molecule has 0 N–H and O–H groups in total. The Morgan fingerprint density at radius 2 is 2.07 bits per heavy atom. The van der Waals surface area contributed by atoms with Crippen molar-refractivity contribution in [3.8, 4) is 17.1 Å². The molecule has 0 aliphatic heterocycles. The minimum Gasteiger partial charge on any atom is -0.496 e. The lowest BCUT2D eigenvalue weighted by Crippen LogP contribution is -1.94. The van der Waals surface area contributed by atoms with E-state index >= 15 is 0 Å². The molecule has 0 aliphatic rings. The van der Waals surface area contributed by atoms with Crippen molar-refractivity contribution in [2.24, 2.45) is 0 Å². The fraction of sp³-hybridized carbons (Fsp3) is 0.100. The maximum Gasteiger partial charge on any atom is 0.186 e. The van der Waals surface area contributed by atoms with E-state index in [1.54, 1.807) is 7.11 Å². The topological polar surface area (TPSA) is 47.9 Å². The van der Waals surface area contributed by atoms with Gasteiger partial charge < -0.3 is 4.74 Å². The molecule has 1 aromatic carbocycles. The molecule has 2 rings (SSSR count). The molecule has 0 bridgehead atoms. The molecule has 0 radical (unpaired) electrons. The van der Waals surface area contributed by atoms with Crippen molar-refractivity contribution in [2.75, 3.05) is 7.11 Å². The Morgan fingerprint density at radius 3 is 2.80 bits per heavy atom. The lowest BCUT2D eigenvalue weighted by molar-refractivity contribution is 0.416. The van der Waals surface area contributed by atoms with Gasteiger partial charge in [-0.15, -0.1) is 5.10 Å². The van der Waals surface area contributed by atoms with Gasteiger partial charge in [-0.05, 0) is 12.1 Å². The highest BCUT2D eigenvalue weighted by atomic mass is 35.5. The lowest BCUT2D eigenvalue weighted by Gasteiger charge is -2.05. The van der Waals surface area contributed by atoms with Crippen molar-refractivity contribution >= 4 is 11.6 Å². The van der Waals surface area contributed by atoms with Gasteiger partial charge in [-0.25, -0.2) is 4.98 Å². The molecular formula is C10H8ClN3O. The van der Waals surface area contributed by atoms with E-state index in [0.717, 1.165) is 5.56 Å². The van der Waals surface area contributed by atoms with Crippen molar-refractivity contribution in [1.82, 2.24) is 15.2 Å². The molecule has 0 aliphatic carbocycles. The molecule has 76 valence electrons. The molecule has 15 heavy (non-hydrogen) atoms. The zero-order valence-electron chi connectivity index (χ0n) is 8.01. The van der Waals surface area contributed by atoms with Crippen LogP contribution in [0.5, 0.6) is 5.75 Å². The maximum absolute atomic E-state index is 5.74. The molecule has 0 atom stereocenters. The van der Waals surface area contributed by atoms with Crippen LogP contribution < -0.4 is 4.74 Å². The van der Waals surface area contributed by atoms with Crippen molar-refractivity contribution in [1.29, 1.82) is 0 Å². The molecule has 2 aromatic rings. The van der Waals surface area contributed by atoms with Crippen LogP contribution in [0, 0.1) is 0 Å². The van der Waals surface area contributed by atoms with Gasteiger partial charge in [0.15, 0.2) is 11.0 Å². The normalized spacial score (nSPS) is 10.0. The number of methoxy groups -OCH3 is 1. The van der Waals surface area contributed by atoms with Crippen molar-refractivity contribution in [2.45, 2.75) is 0 Å². The fourth-order valence-corrected chi connectivity index (χ4v) is 1.35. The van der Waals surface area contributed by atoms with Crippen LogP contribution >= 0.6 is 11.6 Å². The first-order chi connectivity index (χ1) is 7.31. The molecular weight excluding hydrogens is 214 g/mol. The maximum atomic E-state index is 5.74. The Labute approximate surface area is 91.9 Å². The van der Waals surface area contributed by atoms with Crippen LogP contribution in [-0.4, -0.2) is 22.3 Å². The number of ether oxygens (including phenoxy) is 1. The predicted molar refractivity (Wildman–Crippen MR) is 56.8 cm³/mol. The first-order valence-electron chi connectivity index (χ1n) is 4.30. The van der Waals surface area contributed by atoms with E-state index in [1.165, 1.54) is 6.20 Å². The minimum absolute atomic E-state index is 0.311. The molecule has 0 spiro atoms. The summed E-state index contributed by atoms with van der Waals surface area (Å²) in [6.45, 7) is 0. The highest BCUT2D eigenvalue weighted by Crippen LogP contribution is 2.26. The predicted octanol–water partition coefficient (Wildman–Crippen LogP) is 2.20. The van der Waals surface area contributed by atoms with E-state index in [9.17, 15) is 0 Å². The van der Waals surface area contributed by atoms with Crippen LogP contribution in [0.2, 0.25) is 5.15 Å². The quantitative estimate of drug-likeness (QED) is 0.780. The van der Waals surface area contributed by atoms with Gasteiger partial charge in [0.2, 0.25) is 0 Å². The summed E-state index contributed by atoms with van der Waals surface area (Å²) in [5, 5.41) is 7.94. The SMILES string of the molecule is COc1ccccc1-c1nncc(Cl)n1. The van der Waals surface area contributed by atoms with E-state index in [0.29, 0.717) is 16.7 Å². The number of halogens is 1. The van der Waals surface area contributed by atoms with Gasteiger partial charge in [-0.3, -0.25) is 0 Å². The van der Waals surface area contributed by atoms with Gasteiger partial charge in [0, 0.05) is 0 Å². The molecule has 5 heteroatoms. The van der Waals surface area contributed by atoms with Gasteiger partial charge in [0.1, 0.15) is 5.75 Å². The number of nitrogens with zero attached hydrogens (tertiary/aromatic N) is 3. The first-order valence-corrected chi connectivity index (χ1v) is 4.67. The monoisotopic (exact) mass is 221 g/mol. The molecule has 4 nitrogen and oxygen atoms in total. The summed E-state index contributed by atoms with van der Waals surface area (Å²) in [4.78, 5) is 4.06. The Morgan fingerprint density at radius 1 is 1.27 bits per heavy atom. The average Bonchev–Trinajstić information content (AvgIpc) is 2.29. The van der Waals surface area contributed by atoms with Crippen LogP contribution in [0.4, 0.5) is 0 Å². The van der Waals surface area contributed by atoms with E-state index in [4.69, 9.17) is 16.3 Å². The molecule has 1 aromatic heterocycles. The Kier molecular flexibility index (Phi) is 2.78. The number of hydrogen-bond donors (Lipinski definition) is 0. The number of rotatable bonds is 2. The third-order valence-corrected chi connectivity index (χ3v) is 2.06. The van der Waals surface area contributed by atoms with Crippen LogP contribution in [0.1, 0.15) is 0 Å². The zero-order chi connectivity index (χ0) is 10.7. The molecule has 0 unspecified atom stereocenters. The van der Waals surface area contributed by atoms with Crippen LogP contribution in [0.25, 0.3) is 11.4 Å². The van der Waals surface area contributed by atoms with Crippen molar-refractivity contribution in [3.05, 3.63) is 35.6 Å². The lowest BCUT2D eigenvalue weighted by atomic mass is 10.2. The average molecular weight is 222 g/mol. The number of hydrogen-bond acceptors (Lipinski definition) is 4. The Balaban J connectivity index is 2.53. The van der Waals surface area contributed by atoms with E-state index in [2.05, 4.69) is 15.2 Å². The molecule has 0 saturated carbocycles. The summed E-state index contributed by atoms with van der Waals surface area (Å²) in [5.41, 5.74) is 0.773. The number of benzene rings is 1. The van der Waals surface area contributed by atoms with Gasteiger partial charge >= 0.3 is 0 Å². The van der Waals surface area contributed by atoms with Gasteiger partial charge in [-0.1, -0.05) is 23.7 Å². The Bertz CT molecular complexity index is 476. The first kappa shape index (κ1) is 9.86. The second-order valence-corrected chi connectivity index (χ2v) is 3.19. The second-order valence-electron chi connectivity index (χ2n) is 2.80. The second kappa shape index (κ2) is 4.23. The summed E-state index contributed by atoms with van der Waals surface area (Å²) in [7, 11) is 1.59. The summed E-state index contributed by atoms with van der Waals surface area (Å²) >= 11 is 5.74. The van der Waals surface area contributed by atoms with Crippen LogP contribution in [0.3, 0.4) is 0 Å². The third-order valence-electron chi connectivity index (χ3n) is 1.88. The summed E-state index contributed by atoms with van der Waals surface area (Å²) in [6, 6.07) is 7.44. The largest absolute Gasteiger partial charge is 0.496 e. The highest BCUT2D eigenvalue weighted by molar-refractivity contribution is 6.29. The molecule has 0 amide bonds. The van der Waals surface area contributed by atoms with E-state index < -0.39 is 0 Å². The number of aromatic nitrogens is 3. The highest BCUT2D eigenvalue weighted by Gasteiger charge is 2.08. The van der Waals surface area contributed by atoms with Crippen LogP contribution in [0.15, 0.2) is 30.5 Å². The van der Waals surface area contributed by atoms with Gasteiger partial charge in [0.25, 0.3) is 0 Å². The van der Waals surface area contributed by atoms with Gasteiger partial charge in [0.05, 0.1) is 18.9 Å². The smallest absolute Gasteiger partial charge is 0.186 e. The van der Waals surface area contributed by atoms with Crippen molar-refractivity contribution in [3.63, 3.8) is 0 Å². The zero-order valence-corrected chi connectivity index (χ0v) is 8.77. The van der Waals surface area contributed by atoms with Crippen LogP contribution in [-0.2, 0) is 0 Å². The third kappa shape index (κ3) is 2.05. The Hall–Kier alpha value is -1.68. The van der Waals surface area contributed by atoms with Crippen molar-refractivity contribution < 1.29 is 4.74 Å². The minimum atomic E-state index is 0.311.